The molecule has 0 aliphatic heterocycles. The Bertz CT molecular complexity index is 1200. The number of nitrogens with one attached hydrogen (secondary N) is 1. The second-order valence-corrected chi connectivity index (χ2v) is 9.96. The molecule has 0 unspecified atom stereocenters. The van der Waals surface area contributed by atoms with Crippen molar-refractivity contribution in [2.45, 2.75) is 45.4 Å². The van der Waals surface area contributed by atoms with Gasteiger partial charge in [-0.25, -0.2) is 4.98 Å². The molecule has 0 aliphatic rings. The van der Waals surface area contributed by atoms with Crippen LogP contribution in [-0.4, -0.2) is 17.5 Å². The maximum absolute atomic E-state index is 12.6. The van der Waals surface area contributed by atoms with Crippen LogP contribution in [0, 0.1) is 11.3 Å². The van der Waals surface area contributed by atoms with Gasteiger partial charge in [0.2, 0.25) is 0 Å². The summed E-state index contributed by atoms with van der Waals surface area (Å²) in [5.74, 6) is 0.266. The monoisotopic (exact) mass is 527 g/mol. The van der Waals surface area contributed by atoms with Crippen LogP contribution in [0.1, 0.15) is 55.0 Å². The van der Waals surface area contributed by atoms with Crippen molar-refractivity contribution in [1.82, 2.24) is 4.98 Å². The number of halogens is 2. The first-order valence-electron chi connectivity index (χ1n) is 11.5. The van der Waals surface area contributed by atoms with Crippen molar-refractivity contribution in [2.24, 2.45) is 0 Å². The number of benzene rings is 2. The van der Waals surface area contributed by atoms with E-state index in [0.717, 1.165) is 28.2 Å². The summed E-state index contributed by atoms with van der Waals surface area (Å²) >= 11 is 13.5. The number of nitrogens with zero attached hydrogens (tertiary/aromatic N) is 2. The summed E-state index contributed by atoms with van der Waals surface area (Å²) in [6, 6.07) is 14.7. The molecule has 3 aromatic rings. The maximum Gasteiger partial charge on any atom is 0.268 e. The summed E-state index contributed by atoms with van der Waals surface area (Å²) in [4.78, 5) is 17.8. The molecule has 2 aromatic carbocycles. The molecule has 5 nitrogen and oxygen atoms in total. The van der Waals surface area contributed by atoms with E-state index in [1.807, 2.05) is 36.4 Å². The average Bonchev–Trinajstić information content (AvgIpc) is 3.29. The van der Waals surface area contributed by atoms with Gasteiger partial charge in [0.15, 0.2) is 5.13 Å². The van der Waals surface area contributed by atoms with E-state index in [-0.39, 0.29) is 5.57 Å². The standard InChI is InChI=1S/C27H27Cl2N3O2S/c1-2-3-4-5-6-13-34-23-11-7-19(8-12-23)14-21(17-30)26(33)32-27-31-18-24(35-27)15-20-9-10-22(28)16-25(20)29/h7-12,14,16,18H,2-6,13,15H2,1H3,(H,31,32,33). The number of carbonyl (C=O) groups excluding carboxylic acids is 1. The fourth-order valence-electron chi connectivity index (χ4n) is 3.34. The van der Waals surface area contributed by atoms with Crippen LogP contribution >= 0.6 is 34.5 Å². The van der Waals surface area contributed by atoms with Gasteiger partial charge in [-0.1, -0.05) is 74.0 Å². The van der Waals surface area contributed by atoms with Crippen molar-refractivity contribution < 1.29 is 9.53 Å². The van der Waals surface area contributed by atoms with E-state index < -0.39 is 5.91 Å². The van der Waals surface area contributed by atoms with Crippen molar-refractivity contribution in [3.05, 3.63) is 80.3 Å². The highest BCUT2D eigenvalue weighted by atomic mass is 35.5. The van der Waals surface area contributed by atoms with Crippen molar-refractivity contribution >= 4 is 51.7 Å². The Morgan fingerprint density at radius 1 is 1.14 bits per heavy atom. The molecule has 0 radical (unpaired) electrons. The molecule has 1 N–H and O–H groups in total. The average molecular weight is 529 g/mol. The zero-order valence-electron chi connectivity index (χ0n) is 19.5. The Morgan fingerprint density at radius 3 is 2.63 bits per heavy atom. The predicted molar refractivity (Wildman–Crippen MR) is 144 cm³/mol. The van der Waals surface area contributed by atoms with Gasteiger partial charge in [-0.05, 0) is 47.9 Å². The molecule has 3 rings (SSSR count). The molecular weight excluding hydrogens is 501 g/mol. The molecule has 1 heterocycles. The molecule has 0 saturated heterocycles. The summed E-state index contributed by atoms with van der Waals surface area (Å²) in [7, 11) is 0. The fourth-order valence-corrected chi connectivity index (χ4v) is 4.64. The van der Waals surface area contributed by atoms with E-state index in [0.29, 0.717) is 28.2 Å². The van der Waals surface area contributed by atoms with E-state index >= 15 is 0 Å². The Kier molecular flexibility index (Phi) is 10.6. The molecule has 35 heavy (non-hydrogen) atoms. The van der Waals surface area contributed by atoms with Gasteiger partial charge in [-0.3, -0.25) is 10.1 Å². The number of carbonyl (C=O) groups is 1. The summed E-state index contributed by atoms with van der Waals surface area (Å²) in [6.07, 6.45) is 9.73. The highest BCUT2D eigenvalue weighted by Crippen LogP contribution is 2.27. The van der Waals surface area contributed by atoms with E-state index in [9.17, 15) is 10.1 Å². The van der Waals surface area contributed by atoms with Gasteiger partial charge < -0.3 is 4.74 Å². The molecule has 0 bridgehead atoms. The Balaban J connectivity index is 1.55. The maximum atomic E-state index is 12.6. The molecule has 0 spiro atoms. The van der Waals surface area contributed by atoms with Crippen molar-refractivity contribution in [1.29, 1.82) is 5.26 Å². The number of nitriles is 1. The number of anilines is 1. The molecule has 0 fully saturated rings. The van der Waals surface area contributed by atoms with Gasteiger partial charge in [0.1, 0.15) is 17.4 Å². The number of unbranched alkanes of at least 4 members (excludes halogenated alkanes) is 4. The predicted octanol–water partition coefficient (Wildman–Crippen LogP) is 7.94. The highest BCUT2D eigenvalue weighted by Gasteiger charge is 2.13. The van der Waals surface area contributed by atoms with Gasteiger partial charge >= 0.3 is 0 Å². The lowest BCUT2D eigenvalue weighted by molar-refractivity contribution is -0.112. The molecule has 182 valence electrons. The number of rotatable bonds is 12. The minimum absolute atomic E-state index is 0.00733. The zero-order chi connectivity index (χ0) is 25.0. The summed E-state index contributed by atoms with van der Waals surface area (Å²) in [5.41, 5.74) is 1.65. The lowest BCUT2D eigenvalue weighted by Crippen LogP contribution is -2.13. The van der Waals surface area contributed by atoms with Gasteiger partial charge in [0.25, 0.3) is 5.91 Å². The normalized spacial score (nSPS) is 11.2. The fraction of sp³-hybridized carbons (Fsp3) is 0.296. The van der Waals surface area contributed by atoms with Crippen LogP contribution in [0.5, 0.6) is 5.75 Å². The SMILES string of the molecule is CCCCCCCOc1ccc(C=C(C#N)C(=O)Nc2ncc(Cc3ccc(Cl)cc3Cl)s2)cc1. The molecule has 0 atom stereocenters. The van der Waals surface area contributed by atoms with Crippen LogP contribution in [0.2, 0.25) is 10.0 Å². The van der Waals surface area contributed by atoms with Gasteiger partial charge in [-0.15, -0.1) is 11.3 Å². The zero-order valence-corrected chi connectivity index (χ0v) is 21.8. The van der Waals surface area contributed by atoms with E-state index in [4.69, 9.17) is 27.9 Å². The van der Waals surface area contributed by atoms with Gasteiger partial charge in [0.05, 0.1) is 6.61 Å². The summed E-state index contributed by atoms with van der Waals surface area (Å²) in [6.45, 7) is 2.88. The second kappa shape index (κ2) is 13.9. The van der Waals surface area contributed by atoms with Gasteiger partial charge in [-0.2, -0.15) is 5.26 Å². The first kappa shape index (κ1) is 26.7. The van der Waals surface area contributed by atoms with Crippen LogP contribution in [-0.2, 0) is 11.2 Å². The molecular formula is C27H27Cl2N3O2S. The number of aromatic nitrogens is 1. The third-order valence-electron chi connectivity index (χ3n) is 5.23. The second-order valence-electron chi connectivity index (χ2n) is 8.00. The summed E-state index contributed by atoms with van der Waals surface area (Å²) in [5, 5.41) is 13.8. The Hall–Kier alpha value is -2.85. The van der Waals surface area contributed by atoms with Gasteiger partial charge in [0, 0.05) is 27.5 Å². The number of ether oxygens (including phenoxy) is 1. The molecule has 1 amide bonds. The van der Waals surface area contributed by atoms with Crippen LogP contribution in [0.4, 0.5) is 5.13 Å². The van der Waals surface area contributed by atoms with Crippen LogP contribution in [0.15, 0.2) is 54.2 Å². The smallest absolute Gasteiger partial charge is 0.268 e. The Labute approximate surface area is 220 Å². The van der Waals surface area contributed by atoms with E-state index in [1.54, 1.807) is 24.4 Å². The molecule has 0 saturated carbocycles. The van der Waals surface area contributed by atoms with Crippen LogP contribution in [0.3, 0.4) is 0 Å². The lowest BCUT2D eigenvalue weighted by Gasteiger charge is -2.06. The van der Waals surface area contributed by atoms with Crippen LogP contribution < -0.4 is 10.1 Å². The molecule has 0 aliphatic carbocycles. The number of hydrogen-bond donors (Lipinski definition) is 1. The molecule has 1 aromatic heterocycles. The van der Waals surface area contributed by atoms with Crippen LogP contribution in [0.25, 0.3) is 6.08 Å². The number of amides is 1. The van der Waals surface area contributed by atoms with E-state index in [2.05, 4.69) is 17.2 Å². The van der Waals surface area contributed by atoms with E-state index in [1.165, 1.54) is 37.0 Å². The third-order valence-corrected chi connectivity index (χ3v) is 6.73. The first-order chi connectivity index (χ1) is 17.0. The quantitative estimate of drug-likeness (QED) is 0.147. The largest absolute Gasteiger partial charge is 0.494 e. The lowest BCUT2D eigenvalue weighted by atomic mass is 10.1. The Morgan fingerprint density at radius 2 is 1.91 bits per heavy atom. The number of hydrogen-bond acceptors (Lipinski definition) is 5. The topological polar surface area (TPSA) is 75.0 Å². The number of thiazole rings is 1. The summed E-state index contributed by atoms with van der Waals surface area (Å²) < 4.78 is 5.77. The van der Waals surface area contributed by atoms with Crippen molar-refractivity contribution in [2.75, 3.05) is 11.9 Å². The highest BCUT2D eigenvalue weighted by molar-refractivity contribution is 7.15. The molecule has 8 heteroatoms. The first-order valence-corrected chi connectivity index (χ1v) is 13.1. The minimum Gasteiger partial charge on any atom is -0.494 e. The van der Waals surface area contributed by atoms with Crippen molar-refractivity contribution in [3.8, 4) is 11.8 Å². The van der Waals surface area contributed by atoms with Crippen molar-refractivity contribution in [3.63, 3.8) is 0 Å². The minimum atomic E-state index is -0.509. The third kappa shape index (κ3) is 8.70.